The van der Waals surface area contributed by atoms with Gasteiger partial charge in [-0.1, -0.05) is 30.3 Å². The SMILES string of the molecule is COCC(NCCc1ccnn1C)c1ccccc1. The van der Waals surface area contributed by atoms with Crippen LogP contribution < -0.4 is 5.32 Å². The van der Waals surface area contributed by atoms with Gasteiger partial charge in [0.2, 0.25) is 0 Å². The minimum Gasteiger partial charge on any atom is -0.383 e. The average molecular weight is 259 g/mol. The van der Waals surface area contributed by atoms with Gasteiger partial charge in [0, 0.05) is 39.0 Å². The second-order valence-corrected chi connectivity index (χ2v) is 4.57. The lowest BCUT2D eigenvalue weighted by molar-refractivity contribution is 0.167. The molecule has 0 spiro atoms. The van der Waals surface area contributed by atoms with Crippen LogP contribution in [0.1, 0.15) is 17.3 Å². The third kappa shape index (κ3) is 3.91. The van der Waals surface area contributed by atoms with Crippen molar-refractivity contribution >= 4 is 0 Å². The van der Waals surface area contributed by atoms with Gasteiger partial charge in [-0.05, 0) is 11.6 Å². The number of methoxy groups -OCH3 is 1. The largest absolute Gasteiger partial charge is 0.383 e. The number of aromatic nitrogens is 2. The van der Waals surface area contributed by atoms with Gasteiger partial charge >= 0.3 is 0 Å². The molecule has 19 heavy (non-hydrogen) atoms. The molecule has 1 N–H and O–H groups in total. The number of benzene rings is 1. The molecular weight excluding hydrogens is 238 g/mol. The van der Waals surface area contributed by atoms with Crippen LogP contribution in [0, 0.1) is 0 Å². The molecule has 1 aromatic carbocycles. The first kappa shape index (κ1) is 13.8. The van der Waals surface area contributed by atoms with Gasteiger partial charge in [-0.15, -0.1) is 0 Å². The van der Waals surface area contributed by atoms with Crippen LogP contribution >= 0.6 is 0 Å². The summed E-state index contributed by atoms with van der Waals surface area (Å²) in [5.41, 5.74) is 2.49. The van der Waals surface area contributed by atoms with Crippen molar-refractivity contribution in [2.45, 2.75) is 12.5 Å². The highest BCUT2D eigenvalue weighted by molar-refractivity contribution is 5.19. The van der Waals surface area contributed by atoms with Gasteiger partial charge in [-0.2, -0.15) is 5.10 Å². The molecule has 0 amide bonds. The standard InChI is InChI=1S/C15H21N3O/c1-18-14(9-11-17-18)8-10-16-15(12-19-2)13-6-4-3-5-7-13/h3-7,9,11,15-16H,8,10,12H2,1-2H3. The van der Waals surface area contributed by atoms with Crippen molar-refractivity contribution in [3.63, 3.8) is 0 Å². The topological polar surface area (TPSA) is 39.1 Å². The molecule has 0 aliphatic carbocycles. The van der Waals surface area contributed by atoms with Gasteiger partial charge in [-0.3, -0.25) is 4.68 Å². The maximum Gasteiger partial charge on any atom is 0.0657 e. The first-order valence-corrected chi connectivity index (χ1v) is 6.55. The molecule has 0 saturated heterocycles. The lowest BCUT2D eigenvalue weighted by Gasteiger charge is -2.18. The summed E-state index contributed by atoms with van der Waals surface area (Å²) >= 11 is 0. The summed E-state index contributed by atoms with van der Waals surface area (Å²) in [4.78, 5) is 0. The van der Waals surface area contributed by atoms with Crippen LogP contribution in [0.5, 0.6) is 0 Å². The maximum atomic E-state index is 5.29. The summed E-state index contributed by atoms with van der Waals surface area (Å²) in [5, 5.41) is 7.71. The first-order chi connectivity index (χ1) is 9.31. The van der Waals surface area contributed by atoms with Crippen molar-refractivity contribution < 1.29 is 4.74 Å². The normalized spacial score (nSPS) is 12.5. The number of nitrogens with zero attached hydrogens (tertiary/aromatic N) is 2. The van der Waals surface area contributed by atoms with Crippen LogP contribution in [0.2, 0.25) is 0 Å². The van der Waals surface area contributed by atoms with Crippen molar-refractivity contribution in [2.75, 3.05) is 20.3 Å². The van der Waals surface area contributed by atoms with E-state index in [1.54, 1.807) is 7.11 Å². The van der Waals surface area contributed by atoms with E-state index in [0.717, 1.165) is 13.0 Å². The Hall–Kier alpha value is -1.65. The highest BCUT2D eigenvalue weighted by atomic mass is 16.5. The fraction of sp³-hybridized carbons (Fsp3) is 0.400. The molecule has 0 radical (unpaired) electrons. The summed E-state index contributed by atoms with van der Waals surface area (Å²) in [6.07, 6.45) is 2.79. The van der Waals surface area contributed by atoms with E-state index in [0.29, 0.717) is 6.61 Å². The third-order valence-electron chi connectivity index (χ3n) is 3.23. The molecule has 4 nitrogen and oxygen atoms in total. The Morgan fingerprint density at radius 1 is 1.26 bits per heavy atom. The van der Waals surface area contributed by atoms with Gasteiger partial charge in [0.05, 0.1) is 12.6 Å². The quantitative estimate of drug-likeness (QED) is 0.826. The van der Waals surface area contributed by atoms with E-state index in [9.17, 15) is 0 Å². The number of hydrogen-bond acceptors (Lipinski definition) is 3. The number of ether oxygens (including phenoxy) is 1. The minimum atomic E-state index is 0.236. The minimum absolute atomic E-state index is 0.236. The molecule has 0 saturated carbocycles. The Morgan fingerprint density at radius 3 is 2.68 bits per heavy atom. The van der Waals surface area contributed by atoms with Crippen LogP contribution in [0.4, 0.5) is 0 Å². The first-order valence-electron chi connectivity index (χ1n) is 6.55. The van der Waals surface area contributed by atoms with Crippen LogP contribution in [-0.2, 0) is 18.2 Å². The van der Waals surface area contributed by atoms with E-state index in [1.807, 2.05) is 24.0 Å². The number of nitrogens with one attached hydrogen (secondary N) is 1. The smallest absolute Gasteiger partial charge is 0.0657 e. The highest BCUT2D eigenvalue weighted by Crippen LogP contribution is 2.12. The molecule has 2 rings (SSSR count). The average Bonchev–Trinajstić information content (AvgIpc) is 2.84. The third-order valence-corrected chi connectivity index (χ3v) is 3.23. The van der Waals surface area contributed by atoms with E-state index in [1.165, 1.54) is 11.3 Å². The Labute approximate surface area is 114 Å². The molecule has 1 heterocycles. The summed E-state index contributed by atoms with van der Waals surface area (Å²) in [5.74, 6) is 0. The fourth-order valence-electron chi connectivity index (χ4n) is 2.15. The van der Waals surface area contributed by atoms with Gasteiger partial charge in [0.15, 0.2) is 0 Å². The molecule has 1 unspecified atom stereocenters. The Morgan fingerprint density at radius 2 is 2.05 bits per heavy atom. The van der Waals surface area contributed by atoms with Crippen LogP contribution in [-0.4, -0.2) is 30.0 Å². The van der Waals surface area contributed by atoms with Gasteiger partial charge in [0.25, 0.3) is 0 Å². The van der Waals surface area contributed by atoms with Gasteiger partial charge in [0.1, 0.15) is 0 Å². The summed E-state index contributed by atoms with van der Waals surface area (Å²) in [6, 6.07) is 12.7. The van der Waals surface area contributed by atoms with E-state index < -0.39 is 0 Å². The molecular formula is C15H21N3O. The highest BCUT2D eigenvalue weighted by Gasteiger charge is 2.10. The van der Waals surface area contributed by atoms with Crippen molar-refractivity contribution in [1.82, 2.24) is 15.1 Å². The van der Waals surface area contributed by atoms with Gasteiger partial charge < -0.3 is 10.1 Å². The Bertz CT molecular complexity index is 481. The van der Waals surface area contributed by atoms with Crippen LogP contribution in [0.25, 0.3) is 0 Å². The second-order valence-electron chi connectivity index (χ2n) is 4.57. The summed E-state index contributed by atoms with van der Waals surface area (Å²) < 4.78 is 7.20. The molecule has 0 aliphatic rings. The van der Waals surface area contributed by atoms with E-state index in [2.05, 4.69) is 40.7 Å². The van der Waals surface area contributed by atoms with Crippen molar-refractivity contribution in [3.8, 4) is 0 Å². The van der Waals surface area contributed by atoms with E-state index in [4.69, 9.17) is 4.74 Å². The molecule has 1 aromatic heterocycles. The number of hydrogen-bond donors (Lipinski definition) is 1. The molecule has 4 heteroatoms. The number of rotatable bonds is 7. The number of aryl methyl sites for hydroxylation is 1. The van der Waals surface area contributed by atoms with Crippen LogP contribution in [0.15, 0.2) is 42.6 Å². The zero-order valence-electron chi connectivity index (χ0n) is 11.5. The van der Waals surface area contributed by atoms with Crippen LogP contribution in [0.3, 0.4) is 0 Å². The maximum absolute atomic E-state index is 5.29. The van der Waals surface area contributed by atoms with Crippen molar-refractivity contribution in [1.29, 1.82) is 0 Å². The predicted octanol–water partition coefficient (Wildman–Crippen LogP) is 1.94. The van der Waals surface area contributed by atoms with Crippen molar-refractivity contribution in [2.24, 2.45) is 7.05 Å². The fourth-order valence-corrected chi connectivity index (χ4v) is 2.15. The monoisotopic (exact) mass is 259 g/mol. The molecule has 2 aromatic rings. The molecule has 1 atom stereocenters. The van der Waals surface area contributed by atoms with E-state index >= 15 is 0 Å². The van der Waals surface area contributed by atoms with E-state index in [-0.39, 0.29) is 6.04 Å². The summed E-state index contributed by atoms with van der Waals surface area (Å²) in [7, 11) is 3.71. The second kappa shape index (κ2) is 7.07. The molecule has 0 bridgehead atoms. The lowest BCUT2D eigenvalue weighted by atomic mass is 10.1. The lowest BCUT2D eigenvalue weighted by Crippen LogP contribution is -2.27. The molecule has 0 aliphatic heterocycles. The predicted molar refractivity (Wildman–Crippen MR) is 76.0 cm³/mol. The molecule has 102 valence electrons. The Balaban J connectivity index is 1.89. The Kier molecular flexibility index (Phi) is 5.12. The zero-order chi connectivity index (χ0) is 13.5. The zero-order valence-corrected chi connectivity index (χ0v) is 11.5. The molecule has 0 fully saturated rings. The summed E-state index contributed by atoms with van der Waals surface area (Å²) in [6.45, 7) is 1.58. The van der Waals surface area contributed by atoms with Crippen molar-refractivity contribution in [3.05, 3.63) is 53.9 Å². The van der Waals surface area contributed by atoms with Gasteiger partial charge in [-0.25, -0.2) is 0 Å².